The summed E-state index contributed by atoms with van der Waals surface area (Å²) in [6.45, 7) is -0.894. The summed E-state index contributed by atoms with van der Waals surface area (Å²) >= 11 is 0.970. The third kappa shape index (κ3) is 4.01. The van der Waals surface area contributed by atoms with Gasteiger partial charge in [-0.3, -0.25) is 9.36 Å². The van der Waals surface area contributed by atoms with Crippen LogP contribution in [0.5, 0.6) is 0 Å². The van der Waals surface area contributed by atoms with Crippen molar-refractivity contribution in [2.75, 3.05) is 0 Å². The molecule has 0 spiro atoms. The highest BCUT2D eigenvalue weighted by atomic mass is 32.2. The van der Waals surface area contributed by atoms with Crippen molar-refractivity contribution in [1.29, 1.82) is 0 Å². The van der Waals surface area contributed by atoms with E-state index in [0.717, 1.165) is 21.9 Å². The number of imidazole rings is 1. The predicted molar refractivity (Wildman–Crippen MR) is 94.6 cm³/mol. The van der Waals surface area contributed by atoms with E-state index in [2.05, 4.69) is 10.3 Å². The highest BCUT2D eigenvalue weighted by Gasteiger charge is 2.22. The van der Waals surface area contributed by atoms with Crippen molar-refractivity contribution in [1.82, 2.24) is 14.9 Å². The van der Waals surface area contributed by atoms with Gasteiger partial charge in [0.05, 0.1) is 16.3 Å². The quantitative estimate of drug-likeness (QED) is 0.647. The minimum atomic E-state index is -2.75. The Morgan fingerprint density at radius 1 is 1.19 bits per heavy atom. The standard InChI is InChI=1S/C18H16F3N3OS/c1-11(16(25)22-10-12-6-8-13(19)9-7-12)26-18-23-14-4-2-3-5-15(14)24(18)17(20)21/h2-9,11,17H,10H2,1H3,(H,22,25). The fourth-order valence-corrected chi connectivity index (χ4v) is 3.39. The van der Waals surface area contributed by atoms with Gasteiger partial charge in [-0.15, -0.1) is 0 Å². The van der Waals surface area contributed by atoms with E-state index in [-0.39, 0.29) is 23.4 Å². The number of nitrogens with one attached hydrogen (secondary N) is 1. The van der Waals surface area contributed by atoms with Gasteiger partial charge < -0.3 is 5.32 Å². The highest BCUT2D eigenvalue weighted by Crippen LogP contribution is 2.31. The number of rotatable bonds is 6. The van der Waals surface area contributed by atoms with Gasteiger partial charge >= 0.3 is 6.55 Å². The van der Waals surface area contributed by atoms with E-state index in [1.807, 2.05) is 0 Å². The number of nitrogens with zero attached hydrogens (tertiary/aromatic N) is 2. The Morgan fingerprint density at radius 3 is 2.58 bits per heavy atom. The number of hydrogen-bond donors (Lipinski definition) is 1. The van der Waals surface area contributed by atoms with Gasteiger partial charge in [0.2, 0.25) is 5.91 Å². The first-order valence-electron chi connectivity index (χ1n) is 7.89. The molecule has 1 unspecified atom stereocenters. The molecule has 1 amide bonds. The zero-order valence-electron chi connectivity index (χ0n) is 13.8. The van der Waals surface area contributed by atoms with Crippen molar-refractivity contribution in [3.63, 3.8) is 0 Å². The molecule has 3 rings (SSSR count). The van der Waals surface area contributed by atoms with Crippen LogP contribution in [-0.2, 0) is 11.3 Å². The number of carbonyl (C=O) groups excluding carboxylic acids is 1. The molecule has 0 fully saturated rings. The number of thioether (sulfide) groups is 1. The summed E-state index contributed by atoms with van der Waals surface area (Å²) in [7, 11) is 0. The summed E-state index contributed by atoms with van der Waals surface area (Å²) in [6, 6.07) is 12.4. The van der Waals surface area contributed by atoms with E-state index in [1.54, 1.807) is 43.3 Å². The van der Waals surface area contributed by atoms with E-state index in [1.165, 1.54) is 12.1 Å². The van der Waals surface area contributed by atoms with Crippen LogP contribution in [0.25, 0.3) is 11.0 Å². The molecule has 0 aliphatic carbocycles. The summed E-state index contributed by atoms with van der Waals surface area (Å²) < 4.78 is 40.6. The lowest BCUT2D eigenvalue weighted by atomic mass is 10.2. The Kier molecular flexibility index (Phi) is 5.51. The van der Waals surface area contributed by atoms with Crippen LogP contribution >= 0.6 is 11.8 Å². The average Bonchev–Trinajstić information content (AvgIpc) is 2.98. The fourth-order valence-electron chi connectivity index (χ4n) is 2.44. The van der Waals surface area contributed by atoms with Crippen LogP contribution in [0.2, 0.25) is 0 Å². The molecule has 26 heavy (non-hydrogen) atoms. The molecule has 4 nitrogen and oxygen atoms in total. The number of aromatic nitrogens is 2. The van der Waals surface area contributed by atoms with Crippen molar-refractivity contribution in [2.24, 2.45) is 0 Å². The maximum absolute atomic E-state index is 13.4. The molecule has 1 N–H and O–H groups in total. The molecule has 0 aliphatic rings. The molecule has 1 aromatic heterocycles. The maximum atomic E-state index is 13.4. The summed E-state index contributed by atoms with van der Waals surface area (Å²) in [4.78, 5) is 16.5. The van der Waals surface area contributed by atoms with Gasteiger partial charge in [-0.1, -0.05) is 36.0 Å². The number of carbonyl (C=O) groups is 1. The molecule has 0 saturated heterocycles. The zero-order chi connectivity index (χ0) is 18.7. The molecule has 1 heterocycles. The van der Waals surface area contributed by atoms with E-state index in [4.69, 9.17) is 0 Å². The van der Waals surface area contributed by atoms with E-state index < -0.39 is 11.8 Å². The molecule has 3 aromatic rings. The van der Waals surface area contributed by atoms with Crippen LogP contribution in [0.3, 0.4) is 0 Å². The van der Waals surface area contributed by atoms with Crippen LogP contribution in [0.1, 0.15) is 19.0 Å². The molecule has 2 aromatic carbocycles. The summed E-state index contributed by atoms with van der Waals surface area (Å²) in [6.07, 6.45) is 0. The minimum Gasteiger partial charge on any atom is -0.351 e. The number of para-hydroxylation sites is 2. The van der Waals surface area contributed by atoms with E-state index >= 15 is 0 Å². The first-order valence-corrected chi connectivity index (χ1v) is 8.77. The van der Waals surface area contributed by atoms with Crippen molar-refractivity contribution in [2.45, 2.75) is 30.4 Å². The lowest BCUT2D eigenvalue weighted by Crippen LogP contribution is -2.30. The van der Waals surface area contributed by atoms with Gasteiger partial charge in [0.1, 0.15) is 5.82 Å². The molecule has 8 heteroatoms. The number of hydrogen-bond acceptors (Lipinski definition) is 3. The van der Waals surface area contributed by atoms with E-state index in [9.17, 15) is 18.0 Å². The fraction of sp³-hybridized carbons (Fsp3) is 0.222. The molecular formula is C18H16F3N3OS. The van der Waals surface area contributed by atoms with Gasteiger partial charge in [0.25, 0.3) is 0 Å². The smallest absolute Gasteiger partial charge is 0.321 e. The second-order valence-electron chi connectivity index (χ2n) is 5.64. The Balaban J connectivity index is 1.70. The topological polar surface area (TPSA) is 46.9 Å². The molecule has 0 bridgehead atoms. The summed E-state index contributed by atoms with van der Waals surface area (Å²) in [5.41, 5.74) is 1.52. The highest BCUT2D eigenvalue weighted by molar-refractivity contribution is 8.00. The average molecular weight is 379 g/mol. The van der Waals surface area contributed by atoms with Crippen LogP contribution in [-0.4, -0.2) is 20.7 Å². The number of amides is 1. The van der Waals surface area contributed by atoms with Crippen molar-refractivity contribution < 1.29 is 18.0 Å². The first-order chi connectivity index (χ1) is 12.5. The summed E-state index contributed by atoms with van der Waals surface area (Å²) in [5.74, 6) is -0.665. The number of fused-ring (bicyclic) bond motifs is 1. The Morgan fingerprint density at radius 2 is 1.88 bits per heavy atom. The maximum Gasteiger partial charge on any atom is 0.321 e. The van der Waals surface area contributed by atoms with Crippen LogP contribution in [0.15, 0.2) is 53.7 Å². The molecule has 0 aliphatic heterocycles. The van der Waals surface area contributed by atoms with Crippen LogP contribution in [0, 0.1) is 5.82 Å². The number of alkyl halides is 2. The largest absolute Gasteiger partial charge is 0.351 e. The minimum absolute atomic E-state index is 0.0885. The second-order valence-corrected chi connectivity index (χ2v) is 6.94. The second kappa shape index (κ2) is 7.82. The van der Waals surface area contributed by atoms with E-state index in [0.29, 0.717) is 11.0 Å². The van der Waals surface area contributed by atoms with Crippen LogP contribution < -0.4 is 5.32 Å². The van der Waals surface area contributed by atoms with Gasteiger partial charge in [0, 0.05) is 6.54 Å². The Labute approximate surface area is 152 Å². The van der Waals surface area contributed by atoms with Crippen molar-refractivity contribution in [3.05, 3.63) is 59.9 Å². The van der Waals surface area contributed by atoms with Gasteiger partial charge in [-0.2, -0.15) is 8.78 Å². The van der Waals surface area contributed by atoms with Crippen molar-refractivity contribution in [3.8, 4) is 0 Å². The first kappa shape index (κ1) is 18.3. The number of benzene rings is 2. The zero-order valence-corrected chi connectivity index (χ0v) is 14.6. The molecule has 0 saturated carbocycles. The SMILES string of the molecule is CC(Sc1nc2ccccc2n1C(F)F)C(=O)NCc1ccc(F)cc1. The van der Waals surface area contributed by atoms with Crippen LogP contribution in [0.4, 0.5) is 13.2 Å². The molecule has 136 valence electrons. The Bertz CT molecular complexity index is 912. The predicted octanol–water partition coefficient (Wildman–Crippen LogP) is 4.37. The third-order valence-electron chi connectivity index (χ3n) is 3.79. The lowest BCUT2D eigenvalue weighted by molar-refractivity contribution is -0.120. The molecule has 1 atom stereocenters. The lowest BCUT2D eigenvalue weighted by Gasteiger charge is -2.13. The third-order valence-corrected chi connectivity index (χ3v) is 4.86. The Hall–Kier alpha value is -2.48. The van der Waals surface area contributed by atoms with Crippen molar-refractivity contribution >= 4 is 28.7 Å². The summed E-state index contributed by atoms with van der Waals surface area (Å²) in [5, 5.41) is 2.18. The van der Waals surface area contributed by atoms with Gasteiger partial charge in [-0.25, -0.2) is 9.37 Å². The molecular weight excluding hydrogens is 363 g/mol. The van der Waals surface area contributed by atoms with Gasteiger partial charge in [-0.05, 0) is 36.8 Å². The monoisotopic (exact) mass is 379 g/mol. The normalized spacial score (nSPS) is 12.5. The molecule has 0 radical (unpaired) electrons. The number of halogens is 3. The van der Waals surface area contributed by atoms with Gasteiger partial charge in [0.15, 0.2) is 5.16 Å².